The monoisotopic (exact) mass is 403 g/mol. The number of amides is 2. The first kappa shape index (κ1) is 22.8. The molecular weight excluding hydrogens is 373 g/mol. The Balaban J connectivity index is 1.86. The second-order valence-corrected chi connectivity index (χ2v) is 7.11. The van der Waals surface area contributed by atoms with E-state index < -0.39 is 6.04 Å². The van der Waals surface area contributed by atoms with Gasteiger partial charge in [0, 0.05) is 33.2 Å². The predicted octanol–water partition coefficient (Wildman–Crippen LogP) is 2.22. The van der Waals surface area contributed by atoms with E-state index >= 15 is 0 Å². The molecule has 0 saturated carbocycles. The van der Waals surface area contributed by atoms with Gasteiger partial charge in [-0.05, 0) is 37.0 Å². The lowest BCUT2D eigenvalue weighted by Gasteiger charge is -2.19. The van der Waals surface area contributed by atoms with Gasteiger partial charge in [0.05, 0.1) is 6.61 Å². The van der Waals surface area contributed by atoms with Gasteiger partial charge < -0.3 is 20.7 Å². The Morgan fingerprint density at radius 2 is 2.14 bits per heavy atom. The Hall–Kier alpha value is -2.51. The van der Waals surface area contributed by atoms with Crippen molar-refractivity contribution >= 4 is 11.8 Å². The molecule has 0 heterocycles. The molecule has 0 fully saturated rings. The van der Waals surface area contributed by atoms with E-state index in [2.05, 4.69) is 34.2 Å². The molecule has 2 rings (SSSR count). The summed E-state index contributed by atoms with van der Waals surface area (Å²) in [5.74, 6) is -0.771. The van der Waals surface area contributed by atoms with Gasteiger partial charge in [0.25, 0.3) is 0 Å². The van der Waals surface area contributed by atoms with E-state index in [1.165, 1.54) is 26.2 Å². The minimum absolute atomic E-state index is 0.124. The van der Waals surface area contributed by atoms with Gasteiger partial charge in [-0.1, -0.05) is 35.9 Å². The SMILES string of the molecule is COC[C@@H](NC(C)=O)C(=O)NCC1=CCC(NCc2cccc(F)c2)C=CCC1. The second-order valence-electron chi connectivity index (χ2n) is 7.11. The first-order chi connectivity index (χ1) is 14.0. The Morgan fingerprint density at radius 3 is 2.86 bits per heavy atom. The zero-order valence-electron chi connectivity index (χ0n) is 17.0. The van der Waals surface area contributed by atoms with Gasteiger partial charge in [0.15, 0.2) is 0 Å². The van der Waals surface area contributed by atoms with E-state index in [-0.39, 0.29) is 30.3 Å². The van der Waals surface area contributed by atoms with Crippen LogP contribution in [0.4, 0.5) is 4.39 Å². The van der Waals surface area contributed by atoms with E-state index in [0.717, 1.165) is 30.4 Å². The highest BCUT2D eigenvalue weighted by atomic mass is 19.1. The maximum Gasteiger partial charge on any atom is 0.245 e. The standard InChI is InChI=1S/C22H30FN3O3/c1-16(27)26-21(15-29-2)22(28)25-13-17-6-3-4-9-20(11-10-17)24-14-18-7-5-8-19(23)12-18/h4-5,7-10,12,20-21,24H,3,6,11,13-15H2,1-2H3,(H,25,28)(H,26,27)/t20?,21-/m1/s1. The number of benzene rings is 1. The highest BCUT2D eigenvalue weighted by Gasteiger charge is 2.19. The molecule has 1 unspecified atom stereocenters. The van der Waals surface area contributed by atoms with Crippen molar-refractivity contribution in [3.05, 3.63) is 59.4 Å². The summed E-state index contributed by atoms with van der Waals surface area (Å²) in [6.45, 7) is 2.51. The van der Waals surface area contributed by atoms with Gasteiger partial charge >= 0.3 is 0 Å². The van der Waals surface area contributed by atoms with Crippen LogP contribution in [0.15, 0.2) is 48.1 Å². The van der Waals surface area contributed by atoms with E-state index in [9.17, 15) is 14.0 Å². The lowest BCUT2D eigenvalue weighted by Crippen LogP contribution is -2.49. The third kappa shape index (κ3) is 8.58. The third-order valence-electron chi connectivity index (χ3n) is 4.64. The fourth-order valence-electron chi connectivity index (χ4n) is 3.13. The number of methoxy groups -OCH3 is 1. The molecule has 2 atom stereocenters. The molecule has 158 valence electrons. The molecule has 1 aromatic carbocycles. The summed E-state index contributed by atoms with van der Waals surface area (Å²) in [5.41, 5.74) is 2.04. The van der Waals surface area contributed by atoms with Crippen LogP contribution in [-0.4, -0.2) is 44.2 Å². The quantitative estimate of drug-likeness (QED) is 0.553. The topological polar surface area (TPSA) is 79.5 Å². The Labute approximate surface area is 171 Å². The molecule has 0 saturated heterocycles. The van der Waals surface area contributed by atoms with Gasteiger partial charge in [-0.2, -0.15) is 0 Å². The number of halogens is 1. The fourth-order valence-corrected chi connectivity index (χ4v) is 3.13. The van der Waals surface area contributed by atoms with Gasteiger partial charge in [0.2, 0.25) is 11.8 Å². The number of hydrogen-bond acceptors (Lipinski definition) is 4. The van der Waals surface area contributed by atoms with Crippen molar-refractivity contribution < 1.29 is 18.7 Å². The molecule has 1 aromatic rings. The molecule has 2 amide bonds. The van der Waals surface area contributed by atoms with Crippen LogP contribution in [0.25, 0.3) is 0 Å². The zero-order chi connectivity index (χ0) is 21.1. The van der Waals surface area contributed by atoms with Crippen LogP contribution in [0.3, 0.4) is 0 Å². The number of carbonyl (C=O) groups is 2. The van der Waals surface area contributed by atoms with Crippen molar-refractivity contribution in [3.63, 3.8) is 0 Å². The van der Waals surface area contributed by atoms with Gasteiger partial charge in [0.1, 0.15) is 11.9 Å². The van der Waals surface area contributed by atoms with E-state index in [1.54, 1.807) is 6.07 Å². The van der Waals surface area contributed by atoms with Crippen LogP contribution >= 0.6 is 0 Å². The largest absolute Gasteiger partial charge is 0.382 e. The van der Waals surface area contributed by atoms with Crippen molar-refractivity contribution in [2.75, 3.05) is 20.3 Å². The normalized spacial score (nSPS) is 17.6. The first-order valence-corrected chi connectivity index (χ1v) is 9.84. The van der Waals surface area contributed by atoms with Crippen molar-refractivity contribution in [1.29, 1.82) is 0 Å². The molecule has 6 nitrogen and oxygen atoms in total. The van der Waals surface area contributed by atoms with Gasteiger partial charge in [-0.25, -0.2) is 4.39 Å². The Morgan fingerprint density at radius 1 is 1.31 bits per heavy atom. The third-order valence-corrected chi connectivity index (χ3v) is 4.64. The highest BCUT2D eigenvalue weighted by Crippen LogP contribution is 2.13. The van der Waals surface area contributed by atoms with Gasteiger partial charge in [-0.15, -0.1) is 0 Å². The van der Waals surface area contributed by atoms with Crippen LogP contribution in [0.2, 0.25) is 0 Å². The van der Waals surface area contributed by atoms with Crippen LogP contribution < -0.4 is 16.0 Å². The number of rotatable bonds is 9. The Kier molecular flexibility index (Phi) is 9.53. The molecule has 0 bridgehead atoms. The number of hydrogen-bond donors (Lipinski definition) is 3. The van der Waals surface area contributed by atoms with E-state index in [0.29, 0.717) is 13.1 Å². The summed E-state index contributed by atoms with van der Waals surface area (Å²) in [6, 6.07) is 6.01. The molecule has 0 aromatic heterocycles. The summed E-state index contributed by atoms with van der Waals surface area (Å²) in [6.07, 6.45) is 8.93. The summed E-state index contributed by atoms with van der Waals surface area (Å²) < 4.78 is 18.3. The highest BCUT2D eigenvalue weighted by molar-refractivity contribution is 5.87. The fraction of sp³-hybridized carbons (Fsp3) is 0.455. The molecule has 1 aliphatic rings. The molecule has 0 spiro atoms. The predicted molar refractivity (Wildman–Crippen MR) is 111 cm³/mol. The molecular formula is C22H30FN3O3. The van der Waals surface area contributed by atoms with Crippen LogP contribution in [0, 0.1) is 5.82 Å². The number of carbonyl (C=O) groups excluding carboxylic acids is 2. The van der Waals surface area contributed by atoms with Gasteiger partial charge in [-0.3, -0.25) is 9.59 Å². The summed E-state index contributed by atoms with van der Waals surface area (Å²) in [7, 11) is 1.49. The lowest BCUT2D eigenvalue weighted by molar-refractivity contribution is -0.129. The van der Waals surface area contributed by atoms with Crippen LogP contribution in [-0.2, 0) is 20.9 Å². The van der Waals surface area contributed by atoms with Crippen molar-refractivity contribution in [1.82, 2.24) is 16.0 Å². The van der Waals surface area contributed by atoms with Crippen molar-refractivity contribution in [2.24, 2.45) is 0 Å². The molecule has 0 aliphatic heterocycles. The number of ether oxygens (including phenoxy) is 1. The Bertz CT molecular complexity index is 749. The molecule has 3 N–H and O–H groups in total. The molecule has 7 heteroatoms. The molecule has 0 radical (unpaired) electrons. The summed E-state index contributed by atoms with van der Waals surface area (Å²) in [4.78, 5) is 23.6. The minimum atomic E-state index is -0.702. The lowest BCUT2D eigenvalue weighted by atomic mass is 10.0. The minimum Gasteiger partial charge on any atom is -0.382 e. The molecule has 1 aliphatic carbocycles. The van der Waals surface area contributed by atoms with E-state index in [4.69, 9.17) is 4.74 Å². The first-order valence-electron chi connectivity index (χ1n) is 9.84. The van der Waals surface area contributed by atoms with Crippen LogP contribution in [0.5, 0.6) is 0 Å². The average molecular weight is 403 g/mol. The van der Waals surface area contributed by atoms with Crippen LogP contribution in [0.1, 0.15) is 31.7 Å². The average Bonchev–Trinajstić information content (AvgIpc) is 2.66. The van der Waals surface area contributed by atoms with Crippen molar-refractivity contribution in [2.45, 2.75) is 44.8 Å². The number of allylic oxidation sites excluding steroid dienone is 1. The van der Waals surface area contributed by atoms with Crippen molar-refractivity contribution in [3.8, 4) is 0 Å². The maximum absolute atomic E-state index is 13.3. The second kappa shape index (κ2) is 12.1. The molecule has 29 heavy (non-hydrogen) atoms. The summed E-state index contributed by atoms with van der Waals surface area (Å²) >= 11 is 0. The smallest absolute Gasteiger partial charge is 0.245 e. The maximum atomic E-state index is 13.3. The zero-order valence-corrected chi connectivity index (χ0v) is 17.0. The number of nitrogens with one attached hydrogen (secondary N) is 3. The van der Waals surface area contributed by atoms with E-state index in [1.807, 2.05) is 6.07 Å². The summed E-state index contributed by atoms with van der Waals surface area (Å²) in [5, 5.41) is 8.90.